The summed E-state index contributed by atoms with van der Waals surface area (Å²) in [6.07, 6.45) is 0. The largest absolute Gasteiger partial charge is 0.348 e. The third-order valence-corrected chi connectivity index (χ3v) is 3.27. The summed E-state index contributed by atoms with van der Waals surface area (Å²) in [5.74, 6) is 0.120. The lowest BCUT2D eigenvalue weighted by atomic mass is 10.4. The van der Waals surface area contributed by atoms with Crippen LogP contribution in [0.4, 0.5) is 0 Å². The van der Waals surface area contributed by atoms with Gasteiger partial charge >= 0.3 is 0 Å². The number of hydrogen-bond donors (Lipinski definition) is 0. The zero-order chi connectivity index (χ0) is 11.4. The monoisotopic (exact) mass is 243 g/mol. The van der Waals surface area contributed by atoms with Crippen LogP contribution in [0.25, 0.3) is 0 Å². The van der Waals surface area contributed by atoms with Gasteiger partial charge in [0.25, 0.3) is 0 Å². The minimum atomic E-state index is -0.0684. The topological polar surface area (TPSA) is 20.3 Å². The Morgan fingerprint density at radius 2 is 1.87 bits per heavy atom. The normalized spacial score (nSPS) is 12.3. The Kier molecular flexibility index (Phi) is 4.48. The molecule has 1 aromatic rings. The second kappa shape index (κ2) is 5.42. The summed E-state index contributed by atoms with van der Waals surface area (Å²) < 4.78 is 0. The minimum Gasteiger partial charge on any atom is -0.348 e. The Morgan fingerprint density at radius 1 is 1.33 bits per heavy atom. The van der Waals surface area contributed by atoms with Gasteiger partial charge in [-0.1, -0.05) is 11.6 Å². The van der Waals surface area contributed by atoms with Gasteiger partial charge in [-0.2, -0.15) is 0 Å². The Bertz CT molecular complexity index is 337. The molecular weight excluding hydrogens is 230 g/mol. The van der Waals surface area contributed by atoms with Crippen molar-refractivity contribution in [2.75, 3.05) is 14.1 Å². The summed E-state index contributed by atoms with van der Waals surface area (Å²) >= 11 is 7.32. The SMILES string of the molecule is CC(Sc1ccc(Cl)cc1)C(=O)N(C)C. The van der Waals surface area contributed by atoms with E-state index in [9.17, 15) is 4.79 Å². The summed E-state index contributed by atoms with van der Waals surface area (Å²) in [7, 11) is 3.53. The highest BCUT2D eigenvalue weighted by Gasteiger charge is 2.15. The molecule has 1 aromatic carbocycles. The maximum atomic E-state index is 11.6. The molecule has 0 spiro atoms. The number of benzene rings is 1. The summed E-state index contributed by atoms with van der Waals surface area (Å²) in [6.45, 7) is 1.90. The molecule has 15 heavy (non-hydrogen) atoms. The lowest BCUT2D eigenvalue weighted by Crippen LogP contribution is -2.29. The molecule has 82 valence electrons. The van der Waals surface area contributed by atoms with Crippen LogP contribution in [0, 0.1) is 0 Å². The Labute approximate surface area is 99.6 Å². The first-order valence-corrected chi connectivity index (χ1v) is 5.90. The van der Waals surface area contributed by atoms with Crippen LogP contribution in [-0.2, 0) is 4.79 Å². The molecule has 1 atom stereocenters. The molecule has 4 heteroatoms. The summed E-state index contributed by atoms with van der Waals surface area (Å²) in [6, 6.07) is 7.51. The number of nitrogens with zero attached hydrogens (tertiary/aromatic N) is 1. The average Bonchev–Trinajstić information content (AvgIpc) is 2.20. The number of carbonyl (C=O) groups excluding carboxylic acids is 1. The van der Waals surface area contributed by atoms with Gasteiger partial charge in [-0.3, -0.25) is 4.79 Å². The molecule has 0 saturated heterocycles. The molecule has 0 heterocycles. The van der Waals surface area contributed by atoms with E-state index in [0.717, 1.165) is 4.90 Å². The molecule has 0 radical (unpaired) electrons. The zero-order valence-corrected chi connectivity index (χ0v) is 10.6. The predicted molar refractivity (Wildman–Crippen MR) is 65.5 cm³/mol. The Hall–Kier alpha value is -0.670. The van der Waals surface area contributed by atoms with E-state index in [1.807, 2.05) is 31.2 Å². The van der Waals surface area contributed by atoms with E-state index < -0.39 is 0 Å². The average molecular weight is 244 g/mol. The molecule has 0 aliphatic rings. The predicted octanol–water partition coefficient (Wildman–Crippen LogP) is 2.91. The van der Waals surface area contributed by atoms with Crippen molar-refractivity contribution in [1.82, 2.24) is 4.90 Å². The number of carbonyl (C=O) groups is 1. The maximum Gasteiger partial charge on any atom is 0.235 e. The fourth-order valence-electron chi connectivity index (χ4n) is 1.13. The van der Waals surface area contributed by atoms with Gasteiger partial charge in [0.1, 0.15) is 0 Å². The van der Waals surface area contributed by atoms with Crippen LogP contribution in [0.15, 0.2) is 29.2 Å². The van der Waals surface area contributed by atoms with E-state index in [4.69, 9.17) is 11.6 Å². The van der Waals surface area contributed by atoms with Crippen LogP contribution < -0.4 is 0 Å². The van der Waals surface area contributed by atoms with Gasteiger partial charge in [0, 0.05) is 24.0 Å². The van der Waals surface area contributed by atoms with E-state index in [1.165, 1.54) is 11.8 Å². The van der Waals surface area contributed by atoms with Crippen molar-refractivity contribution in [2.45, 2.75) is 17.1 Å². The first-order chi connectivity index (χ1) is 7.00. The van der Waals surface area contributed by atoms with Crippen LogP contribution in [-0.4, -0.2) is 30.2 Å². The van der Waals surface area contributed by atoms with Gasteiger partial charge in [0.15, 0.2) is 0 Å². The maximum absolute atomic E-state index is 11.6. The highest BCUT2D eigenvalue weighted by molar-refractivity contribution is 8.00. The Balaban J connectivity index is 2.62. The molecule has 0 bridgehead atoms. The number of rotatable bonds is 3. The van der Waals surface area contributed by atoms with Crippen LogP contribution in [0.3, 0.4) is 0 Å². The number of amides is 1. The second-order valence-electron chi connectivity index (χ2n) is 3.45. The van der Waals surface area contributed by atoms with Gasteiger partial charge < -0.3 is 4.90 Å². The Morgan fingerprint density at radius 3 is 2.33 bits per heavy atom. The van der Waals surface area contributed by atoms with Gasteiger partial charge in [-0.05, 0) is 31.2 Å². The van der Waals surface area contributed by atoms with Crippen molar-refractivity contribution in [3.63, 3.8) is 0 Å². The zero-order valence-electron chi connectivity index (χ0n) is 9.03. The minimum absolute atomic E-state index is 0.0684. The molecule has 0 saturated carbocycles. The molecule has 2 nitrogen and oxygen atoms in total. The molecule has 0 fully saturated rings. The van der Waals surface area contributed by atoms with Crippen LogP contribution >= 0.6 is 23.4 Å². The molecular formula is C11H14ClNOS. The van der Waals surface area contributed by atoms with Crippen LogP contribution in [0.1, 0.15) is 6.92 Å². The molecule has 1 amide bonds. The number of halogens is 1. The third-order valence-electron chi connectivity index (χ3n) is 1.92. The first kappa shape index (κ1) is 12.4. The molecule has 1 rings (SSSR count). The van der Waals surface area contributed by atoms with E-state index in [0.29, 0.717) is 5.02 Å². The van der Waals surface area contributed by atoms with Crippen molar-refractivity contribution in [2.24, 2.45) is 0 Å². The van der Waals surface area contributed by atoms with E-state index in [-0.39, 0.29) is 11.2 Å². The van der Waals surface area contributed by atoms with E-state index in [2.05, 4.69) is 0 Å². The second-order valence-corrected chi connectivity index (χ2v) is 5.30. The lowest BCUT2D eigenvalue weighted by Gasteiger charge is -2.16. The first-order valence-electron chi connectivity index (χ1n) is 4.64. The van der Waals surface area contributed by atoms with Gasteiger partial charge in [0.2, 0.25) is 5.91 Å². The summed E-state index contributed by atoms with van der Waals surface area (Å²) in [5, 5.41) is 0.645. The van der Waals surface area contributed by atoms with Crippen molar-refractivity contribution < 1.29 is 4.79 Å². The highest BCUT2D eigenvalue weighted by Crippen LogP contribution is 2.25. The van der Waals surface area contributed by atoms with Gasteiger partial charge in [0.05, 0.1) is 5.25 Å². The fourth-order valence-corrected chi connectivity index (χ4v) is 2.27. The molecule has 0 aliphatic carbocycles. The quantitative estimate of drug-likeness (QED) is 0.761. The molecule has 0 aromatic heterocycles. The van der Waals surface area contributed by atoms with Crippen molar-refractivity contribution >= 4 is 29.3 Å². The number of thioether (sulfide) groups is 1. The summed E-state index contributed by atoms with van der Waals surface area (Å²) in [5.41, 5.74) is 0. The summed E-state index contributed by atoms with van der Waals surface area (Å²) in [4.78, 5) is 14.3. The molecule has 0 N–H and O–H groups in total. The van der Waals surface area contributed by atoms with Crippen molar-refractivity contribution in [3.8, 4) is 0 Å². The smallest absolute Gasteiger partial charge is 0.235 e. The van der Waals surface area contributed by atoms with Crippen molar-refractivity contribution in [1.29, 1.82) is 0 Å². The van der Waals surface area contributed by atoms with Crippen LogP contribution in [0.2, 0.25) is 5.02 Å². The molecule has 0 aliphatic heterocycles. The van der Waals surface area contributed by atoms with Gasteiger partial charge in [-0.25, -0.2) is 0 Å². The van der Waals surface area contributed by atoms with E-state index >= 15 is 0 Å². The lowest BCUT2D eigenvalue weighted by molar-refractivity contribution is -0.127. The van der Waals surface area contributed by atoms with Crippen LogP contribution in [0.5, 0.6) is 0 Å². The van der Waals surface area contributed by atoms with Crippen molar-refractivity contribution in [3.05, 3.63) is 29.3 Å². The fraction of sp³-hybridized carbons (Fsp3) is 0.364. The number of hydrogen-bond acceptors (Lipinski definition) is 2. The van der Waals surface area contributed by atoms with E-state index in [1.54, 1.807) is 19.0 Å². The third kappa shape index (κ3) is 3.76. The molecule has 1 unspecified atom stereocenters. The van der Waals surface area contributed by atoms with Gasteiger partial charge in [-0.15, -0.1) is 11.8 Å². The standard InChI is InChI=1S/C11H14ClNOS/c1-8(11(14)13(2)3)15-10-6-4-9(12)5-7-10/h4-8H,1-3H3. The highest BCUT2D eigenvalue weighted by atomic mass is 35.5.